The van der Waals surface area contributed by atoms with Crippen molar-refractivity contribution in [3.8, 4) is 0 Å². The highest BCUT2D eigenvalue weighted by molar-refractivity contribution is 5.76. The highest BCUT2D eigenvalue weighted by atomic mass is 16.5. The van der Waals surface area contributed by atoms with Crippen LogP contribution in [0.1, 0.15) is 13.3 Å². The molecule has 82 valence electrons. The number of nitrogens with two attached hydrogens (primary N) is 1. The van der Waals surface area contributed by atoms with Crippen LogP contribution in [-0.4, -0.2) is 32.2 Å². The van der Waals surface area contributed by atoms with E-state index < -0.39 is 0 Å². The maximum absolute atomic E-state index is 10.6. The van der Waals surface area contributed by atoms with E-state index in [4.69, 9.17) is 10.5 Å². The SMILES string of the molecule is C=CCCOCCNCC(C)C(N)=O. The predicted octanol–water partition coefficient (Wildman–Crippen LogP) is 0.290. The Morgan fingerprint density at radius 3 is 2.93 bits per heavy atom. The standard InChI is InChI=1S/C10H20N2O2/c1-3-4-6-14-7-5-12-8-9(2)10(11)13/h3,9,12H,1,4-8H2,2H3,(H2,11,13). The maximum Gasteiger partial charge on any atom is 0.221 e. The molecule has 0 radical (unpaired) electrons. The van der Waals surface area contributed by atoms with Crippen molar-refractivity contribution in [2.75, 3.05) is 26.3 Å². The molecule has 1 unspecified atom stereocenters. The van der Waals surface area contributed by atoms with Crippen LogP contribution >= 0.6 is 0 Å². The Morgan fingerprint density at radius 2 is 2.36 bits per heavy atom. The van der Waals surface area contributed by atoms with Crippen LogP contribution in [0.15, 0.2) is 12.7 Å². The lowest BCUT2D eigenvalue weighted by Gasteiger charge is -2.08. The zero-order valence-electron chi connectivity index (χ0n) is 8.79. The molecule has 0 aliphatic rings. The first-order valence-corrected chi connectivity index (χ1v) is 4.87. The zero-order valence-corrected chi connectivity index (χ0v) is 8.79. The molecule has 0 spiro atoms. The summed E-state index contributed by atoms with van der Waals surface area (Å²) in [5, 5.41) is 3.09. The second-order valence-electron chi connectivity index (χ2n) is 3.20. The van der Waals surface area contributed by atoms with Crippen molar-refractivity contribution in [3.05, 3.63) is 12.7 Å². The number of carbonyl (C=O) groups is 1. The third-order valence-electron chi connectivity index (χ3n) is 1.83. The predicted molar refractivity (Wildman–Crippen MR) is 56.9 cm³/mol. The Morgan fingerprint density at radius 1 is 1.64 bits per heavy atom. The van der Waals surface area contributed by atoms with Crippen LogP contribution in [0.2, 0.25) is 0 Å². The Kier molecular flexibility index (Phi) is 8.17. The third-order valence-corrected chi connectivity index (χ3v) is 1.83. The zero-order chi connectivity index (χ0) is 10.8. The van der Waals surface area contributed by atoms with E-state index in [1.54, 1.807) is 6.92 Å². The van der Waals surface area contributed by atoms with E-state index in [0.717, 1.165) is 13.0 Å². The molecular formula is C10H20N2O2. The first-order chi connectivity index (χ1) is 6.68. The molecule has 0 aliphatic heterocycles. The Hall–Kier alpha value is -0.870. The Balaban J connectivity index is 3.13. The summed E-state index contributed by atoms with van der Waals surface area (Å²) in [5.74, 6) is -0.395. The van der Waals surface area contributed by atoms with Gasteiger partial charge >= 0.3 is 0 Å². The molecule has 0 saturated carbocycles. The van der Waals surface area contributed by atoms with Crippen molar-refractivity contribution in [1.82, 2.24) is 5.32 Å². The van der Waals surface area contributed by atoms with Gasteiger partial charge in [0.25, 0.3) is 0 Å². The summed E-state index contributed by atoms with van der Waals surface area (Å²) < 4.78 is 5.27. The average molecular weight is 200 g/mol. The van der Waals surface area contributed by atoms with E-state index >= 15 is 0 Å². The van der Waals surface area contributed by atoms with Crippen molar-refractivity contribution in [2.24, 2.45) is 11.7 Å². The molecule has 0 aromatic carbocycles. The van der Waals surface area contributed by atoms with Crippen molar-refractivity contribution >= 4 is 5.91 Å². The van der Waals surface area contributed by atoms with E-state index in [1.165, 1.54) is 0 Å². The van der Waals surface area contributed by atoms with Crippen LogP contribution < -0.4 is 11.1 Å². The molecule has 0 fully saturated rings. The van der Waals surface area contributed by atoms with E-state index in [0.29, 0.717) is 19.8 Å². The average Bonchev–Trinajstić information content (AvgIpc) is 2.16. The van der Waals surface area contributed by atoms with Gasteiger partial charge in [-0.3, -0.25) is 4.79 Å². The molecule has 1 atom stereocenters. The number of nitrogens with one attached hydrogen (secondary N) is 1. The van der Waals surface area contributed by atoms with Gasteiger partial charge in [-0.2, -0.15) is 0 Å². The van der Waals surface area contributed by atoms with Gasteiger partial charge in [-0.05, 0) is 6.42 Å². The van der Waals surface area contributed by atoms with Crippen LogP contribution in [0, 0.1) is 5.92 Å². The lowest BCUT2D eigenvalue weighted by atomic mass is 10.2. The minimum atomic E-state index is -0.273. The van der Waals surface area contributed by atoms with Crippen LogP contribution in [0.25, 0.3) is 0 Å². The molecule has 3 N–H and O–H groups in total. The molecule has 0 saturated heterocycles. The van der Waals surface area contributed by atoms with Gasteiger partial charge < -0.3 is 15.8 Å². The third kappa shape index (κ3) is 7.76. The molecule has 4 heteroatoms. The van der Waals surface area contributed by atoms with Crippen molar-refractivity contribution in [1.29, 1.82) is 0 Å². The summed E-state index contributed by atoms with van der Waals surface area (Å²) in [6.07, 6.45) is 2.69. The number of rotatable bonds is 9. The monoisotopic (exact) mass is 200 g/mol. The molecule has 0 aromatic heterocycles. The number of ether oxygens (including phenoxy) is 1. The number of carbonyl (C=O) groups excluding carboxylic acids is 1. The number of primary amides is 1. The molecule has 0 bridgehead atoms. The number of amides is 1. The van der Waals surface area contributed by atoms with Gasteiger partial charge in [-0.1, -0.05) is 13.0 Å². The maximum atomic E-state index is 10.6. The van der Waals surface area contributed by atoms with Gasteiger partial charge in [0, 0.05) is 19.0 Å². The minimum absolute atomic E-state index is 0.122. The van der Waals surface area contributed by atoms with Crippen molar-refractivity contribution in [3.63, 3.8) is 0 Å². The summed E-state index contributed by atoms with van der Waals surface area (Å²) >= 11 is 0. The lowest BCUT2D eigenvalue weighted by molar-refractivity contribution is -0.121. The van der Waals surface area contributed by atoms with Crippen molar-refractivity contribution < 1.29 is 9.53 Å². The fourth-order valence-electron chi connectivity index (χ4n) is 0.832. The molecular weight excluding hydrogens is 180 g/mol. The molecule has 14 heavy (non-hydrogen) atoms. The summed E-state index contributed by atoms with van der Waals surface area (Å²) in [5.41, 5.74) is 5.10. The molecule has 0 aliphatic carbocycles. The van der Waals surface area contributed by atoms with E-state index in [9.17, 15) is 4.79 Å². The van der Waals surface area contributed by atoms with Gasteiger partial charge in [0.05, 0.1) is 13.2 Å². The Labute approximate surface area is 85.5 Å². The molecule has 0 rings (SSSR count). The molecule has 0 heterocycles. The summed E-state index contributed by atoms with van der Waals surface area (Å²) in [6, 6.07) is 0. The normalized spacial score (nSPS) is 12.4. The highest BCUT2D eigenvalue weighted by Crippen LogP contribution is 1.88. The summed E-state index contributed by atoms with van der Waals surface area (Å²) in [6.45, 7) is 8.10. The molecule has 1 amide bonds. The quantitative estimate of drug-likeness (QED) is 0.415. The first-order valence-electron chi connectivity index (χ1n) is 4.87. The van der Waals surface area contributed by atoms with E-state index in [2.05, 4.69) is 11.9 Å². The number of hydrogen-bond donors (Lipinski definition) is 2. The smallest absolute Gasteiger partial charge is 0.221 e. The van der Waals surface area contributed by atoms with Crippen LogP contribution in [0.3, 0.4) is 0 Å². The van der Waals surface area contributed by atoms with Crippen LogP contribution in [0.5, 0.6) is 0 Å². The van der Waals surface area contributed by atoms with E-state index in [-0.39, 0.29) is 11.8 Å². The van der Waals surface area contributed by atoms with Gasteiger partial charge in [-0.25, -0.2) is 0 Å². The van der Waals surface area contributed by atoms with E-state index in [1.807, 2.05) is 6.08 Å². The topological polar surface area (TPSA) is 64.3 Å². The number of hydrogen-bond acceptors (Lipinski definition) is 3. The summed E-state index contributed by atoms with van der Waals surface area (Å²) in [4.78, 5) is 10.6. The second kappa shape index (κ2) is 8.72. The van der Waals surface area contributed by atoms with Gasteiger partial charge in [-0.15, -0.1) is 6.58 Å². The molecule has 0 aromatic rings. The van der Waals surface area contributed by atoms with Gasteiger partial charge in [0.2, 0.25) is 5.91 Å². The second-order valence-corrected chi connectivity index (χ2v) is 3.20. The first kappa shape index (κ1) is 13.1. The minimum Gasteiger partial charge on any atom is -0.380 e. The largest absolute Gasteiger partial charge is 0.380 e. The van der Waals surface area contributed by atoms with Crippen molar-refractivity contribution in [2.45, 2.75) is 13.3 Å². The van der Waals surface area contributed by atoms with Crippen LogP contribution in [-0.2, 0) is 9.53 Å². The Bertz CT molecular complexity index is 172. The summed E-state index contributed by atoms with van der Waals surface area (Å²) in [7, 11) is 0. The fraction of sp³-hybridized carbons (Fsp3) is 0.700. The lowest BCUT2D eigenvalue weighted by Crippen LogP contribution is -2.32. The van der Waals surface area contributed by atoms with Crippen LogP contribution in [0.4, 0.5) is 0 Å². The molecule has 4 nitrogen and oxygen atoms in total. The fourth-order valence-corrected chi connectivity index (χ4v) is 0.832. The highest BCUT2D eigenvalue weighted by Gasteiger charge is 2.06. The van der Waals surface area contributed by atoms with Gasteiger partial charge in [0.15, 0.2) is 0 Å². The van der Waals surface area contributed by atoms with Gasteiger partial charge in [0.1, 0.15) is 0 Å².